The van der Waals surface area contributed by atoms with Crippen LogP contribution < -0.4 is 5.73 Å². The molecule has 0 amide bonds. The minimum absolute atomic E-state index is 0.101. The monoisotopic (exact) mass is 308 g/mol. The molecule has 0 aromatic carbocycles. The van der Waals surface area contributed by atoms with Crippen LogP contribution in [-0.4, -0.2) is 21.6 Å². The lowest BCUT2D eigenvalue weighted by Crippen LogP contribution is -2.19. The first-order valence-corrected chi connectivity index (χ1v) is 8.06. The van der Waals surface area contributed by atoms with Gasteiger partial charge in [0.15, 0.2) is 0 Å². The van der Waals surface area contributed by atoms with Crippen LogP contribution in [0.15, 0.2) is 4.52 Å². The Bertz CT molecular complexity index is 584. The van der Waals surface area contributed by atoms with E-state index in [1.165, 1.54) is 30.8 Å². The molecule has 2 aromatic heterocycles. The largest absolute Gasteiger partial charge is 0.389 e. The molecule has 7 heteroatoms. The number of nitrogens with zero attached hydrogens (tertiary/aromatic N) is 3. The number of aryl methyl sites for hydroxylation is 1. The zero-order chi connectivity index (χ0) is 14.8. The lowest BCUT2D eigenvalue weighted by atomic mass is 9.85. The summed E-state index contributed by atoms with van der Waals surface area (Å²) in [4.78, 5) is 4.50. The molecule has 3 rings (SSSR count). The summed E-state index contributed by atoms with van der Waals surface area (Å²) in [5.74, 6) is 1.52. The molecule has 6 nitrogen and oxygen atoms in total. The molecule has 0 spiro atoms. The fourth-order valence-electron chi connectivity index (χ4n) is 3.04. The summed E-state index contributed by atoms with van der Waals surface area (Å²) in [6.45, 7) is 1.89. The highest BCUT2D eigenvalue weighted by Gasteiger charge is 2.29. The van der Waals surface area contributed by atoms with Gasteiger partial charge in [-0.3, -0.25) is 0 Å². The Morgan fingerprint density at radius 2 is 2.10 bits per heavy atom. The molecular formula is C14H20N4O2S. The van der Waals surface area contributed by atoms with E-state index in [1.807, 2.05) is 6.92 Å². The van der Waals surface area contributed by atoms with Crippen LogP contribution in [0.1, 0.15) is 49.7 Å². The molecule has 1 atom stereocenters. The third-order valence-electron chi connectivity index (χ3n) is 4.13. The SMILES string of the molecule is COC(c1noc(-c2c(C)nsc2N)n1)C1CCCCC1. The van der Waals surface area contributed by atoms with Crippen LogP contribution in [0.2, 0.25) is 0 Å². The summed E-state index contributed by atoms with van der Waals surface area (Å²) < 4.78 is 15.2. The van der Waals surface area contributed by atoms with Crippen molar-refractivity contribution in [2.45, 2.75) is 45.1 Å². The van der Waals surface area contributed by atoms with Gasteiger partial charge in [-0.1, -0.05) is 24.4 Å². The van der Waals surface area contributed by atoms with E-state index in [0.717, 1.165) is 24.1 Å². The van der Waals surface area contributed by atoms with Gasteiger partial charge in [-0.2, -0.15) is 9.36 Å². The third kappa shape index (κ3) is 2.80. The Morgan fingerprint density at radius 3 is 2.71 bits per heavy atom. The molecule has 0 saturated heterocycles. The zero-order valence-electron chi connectivity index (χ0n) is 12.3. The molecule has 1 saturated carbocycles. The van der Waals surface area contributed by atoms with Crippen LogP contribution in [0.4, 0.5) is 5.00 Å². The average molecular weight is 308 g/mol. The first-order chi connectivity index (χ1) is 10.2. The van der Waals surface area contributed by atoms with E-state index in [1.54, 1.807) is 7.11 Å². The Hall–Kier alpha value is -1.47. The molecular weight excluding hydrogens is 288 g/mol. The first kappa shape index (κ1) is 14.5. The second-order valence-corrected chi connectivity index (χ2v) is 6.32. The molecule has 2 aromatic rings. The van der Waals surface area contributed by atoms with Crippen molar-refractivity contribution < 1.29 is 9.26 Å². The molecule has 1 unspecified atom stereocenters. The van der Waals surface area contributed by atoms with Crippen molar-refractivity contribution in [2.75, 3.05) is 12.8 Å². The van der Waals surface area contributed by atoms with Crippen LogP contribution in [0.5, 0.6) is 0 Å². The maximum atomic E-state index is 5.93. The van der Waals surface area contributed by atoms with Crippen LogP contribution >= 0.6 is 11.5 Å². The highest BCUT2D eigenvalue weighted by molar-refractivity contribution is 7.10. The number of hydrogen-bond donors (Lipinski definition) is 1. The van der Waals surface area contributed by atoms with E-state index in [2.05, 4.69) is 14.5 Å². The van der Waals surface area contributed by atoms with Crippen molar-refractivity contribution in [2.24, 2.45) is 5.92 Å². The van der Waals surface area contributed by atoms with Gasteiger partial charge in [0.2, 0.25) is 5.82 Å². The van der Waals surface area contributed by atoms with Crippen molar-refractivity contribution >= 4 is 16.5 Å². The smallest absolute Gasteiger partial charge is 0.262 e. The molecule has 1 aliphatic carbocycles. The summed E-state index contributed by atoms with van der Waals surface area (Å²) in [6.07, 6.45) is 6.01. The number of nitrogen functional groups attached to an aromatic ring is 1. The molecule has 0 bridgehead atoms. The highest BCUT2D eigenvalue weighted by atomic mass is 32.1. The summed E-state index contributed by atoms with van der Waals surface area (Å²) in [5, 5.41) is 4.72. The van der Waals surface area contributed by atoms with E-state index in [0.29, 0.717) is 22.6 Å². The number of methoxy groups -OCH3 is 1. The summed E-state index contributed by atoms with van der Waals surface area (Å²) in [5.41, 5.74) is 7.50. The molecule has 0 aliphatic heterocycles. The number of rotatable bonds is 4. The van der Waals surface area contributed by atoms with Crippen molar-refractivity contribution in [1.29, 1.82) is 0 Å². The lowest BCUT2D eigenvalue weighted by molar-refractivity contribution is 0.0274. The van der Waals surface area contributed by atoms with Crippen molar-refractivity contribution in [3.63, 3.8) is 0 Å². The zero-order valence-corrected chi connectivity index (χ0v) is 13.2. The second kappa shape index (κ2) is 6.11. The van der Waals surface area contributed by atoms with Crippen LogP contribution in [0.3, 0.4) is 0 Å². The second-order valence-electron chi connectivity index (χ2n) is 5.52. The van der Waals surface area contributed by atoms with E-state index < -0.39 is 0 Å². The van der Waals surface area contributed by atoms with Gasteiger partial charge < -0.3 is 15.0 Å². The van der Waals surface area contributed by atoms with Gasteiger partial charge in [0.1, 0.15) is 11.1 Å². The van der Waals surface area contributed by atoms with Crippen LogP contribution in [-0.2, 0) is 4.74 Å². The van der Waals surface area contributed by atoms with E-state index >= 15 is 0 Å². The average Bonchev–Trinajstić information content (AvgIpc) is 3.08. The predicted molar refractivity (Wildman–Crippen MR) is 80.9 cm³/mol. The molecule has 1 aliphatic rings. The van der Waals surface area contributed by atoms with Gasteiger partial charge in [0, 0.05) is 7.11 Å². The quantitative estimate of drug-likeness (QED) is 0.932. The highest BCUT2D eigenvalue weighted by Crippen LogP contribution is 2.37. The Morgan fingerprint density at radius 1 is 1.33 bits per heavy atom. The Balaban J connectivity index is 1.86. The van der Waals surface area contributed by atoms with Gasteiger partial charge >= 0.3 is 0 Å². The molecule has 1 fully saturated rings. The van der Waals surface area contributed by atoms with Crippen LogP contribution in [0.25, 0.3) is 11.5 Å². The standard InChI is InChI=1S/C14H20N4O2S/c1-8-10(12(15)21-18-8)14-16-13(17-20-14)11(19-2)9-6-4-3-5-7-9/h9,11H,3-7,15H2,1-2H3. The van der Waals surface area contributed by atoms with Gasteiger partial charge in [-0.25, -0.2) is 0 Å². The van der Waals surface area contributed by atoms with Gasteiger partial charge in [0.05, 0.1) is 11.3 Å². The van der Waals surface area contributed by atoms with Gasteiger partial charge in [0.25, 0.3) is 5.89 Å². The van der Waals surface area contributed by atoms with Crippen molar-refractivity contribution in [3.8, 4) is 11.5 Å². The molecule has 2 N–H and O–H groups in total. The minimum Gasteiger partial charge on any atom is -0.389 e. The maximum Gasteiger partial charge on any atom is 0.262 e. The van der Waals surface area contributed by atoms with E-state index in [-0.39, 0.29) is 6.10 Å². The topological polar surface area (TPSA) is 87.1 Å². The minimum atomic E-state index is -0.101. The van der Waals surface area contributed by atoms with Crippen LogP contribution in [0, 0.1) is 12.8 Å². The molecule has 114 valence electrons. The molecule has 21 heavy (non-hydrogen) atoms. The van der Waals surface area contributed by atoms with Gasteiger partial charge in [-0.15, -0.1) is 0 Å². The number of hydrogen-bond acceptors (Lipinski definition) is 7. The van der Waals surface area contributed by atoms with E-state index in [9.17, 15) is 0 Å². The third-order valence-corrected chi connectivity index (χ3v) is 4.90. The number of anilines is 1. The summed E-state index contributed by atoms with van der Waals surface area (Å²) in [6, 6.07) is 0. The first-order valence-electron chi connectivity index (χ1n) is 7.29. The number of aromatic nitrogens is 3. The lowest BCUT2D eigenvalue weighted by Gasteiger charge is -2.26. The van der Waals surface area contributed by atoms with Crippen molar-refractivity contribution in [1.82, 2.24) is 14.5 Å². The summed E-state index contributed by atoms with van der Waals surface area (Å²) >= 11 is 1.25. The Kier molecular flexibility index (Phi) is 4.21. The molecule has 0 radical (unpaired) electrons. The Labute approximate surface area is 127 Å². The van der Waals surface area contributed by atoms with E-state index in [4.69, 9.17) is 15.0 Å². The maximum absolute atomic E-state index is 5.93. The van der Waals surface area contributed by atoms with Gasteiger partial charge in [-0.05, 0) is 37.2 Å². The predicted octanol–water partition coefficient (Wildman–Crippen LogP) is 3.35. The number of nitrogens with two attached hydrogens (primary N) is 1. The fourth-order valence-corrected chi connectivity index (χ4v) is 3.70. The normalized spacial score (nSPS) is 18.0. The molecule has 2 heterocycles. The number of ether oxygens (including phenoxy) is 1. The summed E-state index contributed by atoms with van der Waals surface area (Å²) in [7, 11) is 1.71. The van der Waals surface area contributed by atoms with Crippen molar-refractivity contribution in [3.05, 3.63) is 11.5 Å². The fraction of sp³-hybridized carbons (Fsp3) is 0.643.